The maximum Gasteiger partial charge on any atom is 0.318 e. The molecular formula is C30H31ClN4O2. The number of fused-ring (bicyclic) bond motifs is 4. The molecule has 4 aromatic rings. The van der Waals surface area contributed by atoms with Crippen LogP contribution in [0.25, 0.3) is 22.2 Å². The van der Waals surface area contributed by atoms with Gasteiger partial charge in [0.2, 0.25) is 5.95 Å². The molecule has 0 atom stereocenters. The van der Waals surface area contributed by atoms with Crippen LogP contribution in [-0.4, -0.2) is 58.3 Å². The highest BCUT2D eigenvalue weighted by Crippen LogP contribution is 2.51. The first-order valence-electron chi connectivity index (χ1n) is 13.0. The fraction of sp³-hybridized carbons (Fsp3) is 0.333. The number of rotatable bonds is 7. The summed E-state index contributed by atoms with van der Waals surface area (Å²) in [6.07, 6.45) is 2.45. The third-order valence-electron chi connectivity index (χ3n) is 8.18. The summed E-state index contributed by atoms with van der Waals surface area (Å²) in [4.78, 5) is 22.5. The molecule has 37 heavy (non-hydrogen) atoms. The second-order valence-corrected chi connectivity index (χ2v) is 10.6. The van der Waals surface area contributed by atoms with Crippen LogP contribution < -0.4 is 4.90 Å². The van der Waals surface area contributed by atoms with Gasteiger partial charge in [-0.25, -0.2) is 4.98 Å². The van der Waals surface area contributed by atoms with Crippen LogP contribution in [0.5, 0.6) is 0 Å². The number of aromatic nitrogens is 2. The predicted molar refractivity (Wildman–Crippen MR) is 149 cm³/mol. The number of aryl methyl sites for hydroxylation is 1. The summed E-state index contributed by atoms with van der Waals surface area (Å²) in [5.74, 6) is 0.237. The summed E-state index contributed by atoms with van der Waals surface area (Å²) in [6, 6.07) is 21.9. The van der Waals surface area contributed by atoms with Crippen LogP contribution in [0.15, 0.2) is 66.7 Å². The minimum absolute atomic E-state index is 0.610. The van der Waals surface area contributed by atoms with Gasteiger partial charge in [-0.05, 0) is 59.8 Å². The lowest BCUT2D eigenvalue weighted by atomic mass is 9.74. The van der Waals surface area contributed by atoms with Crippen molar-refractivity contribution in [3.8, 4) is 11.1 Å². The van der Waals surface area contributed by atoms with Gasteiger partial charge < -0.3 is 14.6 Å². The third kappa shape index (κ3) is 3.99. The van der Waals surface area contributed by atoms with Gasteiger partial charge in [0, 0.05) is 38.2 Å². The number of piperazine rings is 1. The van der Waals surface area contributed by atoms with Crippen LogP contribution in [0.2, 0.25) is 5.02 Å². The molecule has 0 radical (unpaired) electrons. The molecule has 0 spiro atoms. The van der Waals surface area contributed by atoms with E-state index in [1.807, 2.05) is 54.6 Å². The van der Waals surface area contributed by atoms with Crippen molar-refractivity contribution < 1.29 is 9.90 Å². The molecule has 1 aromatic heterocycles. The van der Waals surface area contributed by atoms with E-state index >= 15 is 0 Å². The minimum atomic E-state index is -0.963. The van der Waals surface area contributed by atoms with Gasteiger partial charge in [-0.2, -0.15) is 0 Å². The SMILES string of the molecule is Cn1c(N2CCN(CCCCC3(C(=O)O)c4ccccc4-c4ccccc43)CC2)nc2cc(Cl)ccc21. The summed E-state index contributed by atoms with van der Waals surface area (Å²) >= 11 is 6.16. The smallest absolute Gasteiger partial charge is 0.318 e. The van der Waals surface area contributed by atoms with Crippen molar-refractivity contribution in [1.82, 2.24) is 14.5 Å². The molecule has 3 aromatic carbocycles. The lowest BCUT2D eigenvalue weighted by molar-refractivity contribution is -0.142. The van der Waals surface area contributed by atoms with Gasteiger partial charge >= 0.3 is 5.97 Å². The summed E-state index contributed by atoms with van der Waals surface area (Å²) in [6.45, 7) is 4.76. The first-order chi connectivity index (χ1) is 18.0. The maximum absolute atomic E-state index is 12.8. The van der Waals surface area contributed by atoms with Crippen molar-refractivity contribution in [3.05, 3.63) is 82.9 Å². The van der Waals surface area contributed by atoms with Crippen molar-refractivity contribution in [2.45, 2.75) is 24.7 Å². The Balaban J connectivity index is 1.09. The van der Waals surface area contributed by atoms with Crippen LogP contribution >= 0.6 is 11.6 Å². The number of benzene rings is 3. The fourth-order valence-corrected chi connectivity index (χ4v) is 6.44. The van der Waals surface area contributed by atoms with Gasteiger partial charge in [0.15, 0.2) is 0 Å². The van der Waals surface area contributed by atoms with E-state index < -0.39 is 11.4 Å². The van der Waals surface area contributed by atoms with E-state index in [1.54, 1.807) is 0 Å². The van der Waals surface area contributed by atoms with E-state index in [9.17, 15) is 9.90 Å². The number of halogens is 1. The number of carboxylic acid groups (broad SMARTS) is 1. The average Bonchev–Trinajstić information content (AvgIpc) is 3.39. The minimum Gasteiger partial charge on any atom is -0.480 e. The van der Waals surface area contributed by atoms with Gasteiger partial charge in [-0.15, -0.1) is 0 Å². The van der Waals surface area contributed by atoms with Crippen LogP contribution in [0.3, 0.4) is 0 Å². The number of anilines is 1. The van der Waals surface area contributed by atoms with Gasteiger partial charge in [-0.3, -0.25) is 9.69 Å². The second kappa shape index (κ2) is 9.51. The molecule has 0 amide bonds. The van der Waals surface area contributed by atoms with Gasteiger partial charge in [0.1, 0.15) is 5.41 Å². The number of aliphatic carboxylic acids is 1. The molecule has 190 valence electrons. The zero-order chi connectivity index (χ0) is 25.6. The molecule has 1 aliphatic carbocycles. The molecule has 0 saturated carbocycles. The lowest BCUT2D eigenvalue weighted by Gasteiger charge is -2.35. The van der Waals surface area contributed by atoms with E-state index in [0.29, 0.717) is 11.4 Å². The molecule has 7 heteroatoms. The molecule has 0 unspecified atom stereocenters. The lowest BCUT2D eigenvalue weighted by Crippen LogP contribution is -2.47. The first kappa shape index (κ1) is 24.0. The molecule has 1 N–H and O–H groups in total. The van der Waals surface area contributed by atoms with E-state index in [4.69, 9.17) is 16.6 Å². The number of hydrogen-bond acceptors (Lipinski definition) is 4. The number of carboxylic acids is 1. The number of imidazole rings is 1. The Labute approximate surface area is 222 Å². The topological polar surface area (TPSA) is 61.6 Å². The number of hydrogen-bond donors (Lipinski definition) is 1. The normalized spacial score (nSPS) is 16.6. The Bertz CT molecular complexity index is 1430. The number of unbranched alkanes of at least 4 members (excludes halogenated alkanes) is 1. The maximum atomic E-state index is 12.8. The number of nitrogens with zero attached hydrogens (tertiary/aromatic N) is 4. The zero-order valence-electron chi connectivity index (χ0n) is 21.0. The Morgan fingerprint density at radius 2 is 1.59 bits per heavy atom. The molecule has 2 aliphatic rings. The van der Waals surface area contributed by atoms with Crippen molar-refractivity contribution in [1.29, 1.82) is 0 Å². The van der Waals surface area contributed by atoms with Crippen molar-refractivity contribution in [3.63, 3.8) is 0 Å². The first-order valence-corrected chi connectivity index (χ1v) is 13.4. The Kier molecular flexibility index (Phi) is 6.17. The highest BCUT2D eigenvalue weighted by molar-refractivity contribution is 6.31. The monoisotopic (exact) mass is 514 g/mol. The largest absolute Gasteiger partial charge is 0.480 e. The van der Waals surface area contributed by atoms with Crippen molar-refractivity contribution in [2.75, 3.05) is 37.6 Å². The Morgan fingerprint density at radius 3 is 2.24 bits per heavy atom. The average molecular weight is 515 g/mol. The van der Waals surface area contributed by atoms with Crippen LogP contribution in [0, 0.1) is 0 Å². The molecule has 1 aliphatic heterocycles. The highest BCUT2D eigenvalue weighted by atomic mass is 35.5. The third-order valence-corrected chi connectivity index (χ3v) is 8.41. The van der Waals surface area contributed by atoms with Crippen LogP contribution in [-0.2, 0) is 17.3 Å². The summed E-state index contributed by atoms with van der Waals surface area (Å²) in [5.41, 5.74) is 5.03. The van der Waals surface area contributed by atoms with Crippen LogP contribution in [0.4, 0.5) is 5.95 Å². The standard InChI is InChI=1S/C30H31ClN4O2/c1-33-27-13-12-21(31)20-26(27)32-29(33)35-18-16-34(17-19-35)15-7-6-14-30(28(36)37)24-10-4-2-8-22(24)23-9-3-5-11-25(23)30/h2-5,8-13,20H,6-7,14-19H2,1H3,(H,36,37). The van der Waals surface area contributed by atoms with Crippen LogP contribution in [0.1, 0.15) is 30.4 Å². The predicted octanol–water partition coefficient (Wildman–Crippen LogP) is 5.57. The molecule has 1 fully saturated rings. The summed E-state index contributed by atoms with van der Waals surface area (Å²) in [7, 11) is 2.06. The van der Waals surface area contributed by atoms with Crippen molar-refractivity contribution >= 4 is 34.6 Å². The summed E-state index contributed by atoms with van der Waals surface area (Å²) < 4.78 is 2.14. The molecular weight excluding hydrogens is 484 g/mol. The van der Waals surface area contributed by atoms with E-state index in [2.05, 4.69) is 33.5 Å². The quantitative estimate of drug-likeness (QED) is 0.327. The molecule has 0 bridgehead atoms. The fourth-order valence-electron chi connectivity index (χ4n) is 6.27. The van der Waals surface area contributed by atoms with E-state index in [0.717, 1.165) is 84.8 Å². The van der Waals surface area contributed by atoms with E-state index in [1.165, 1.54) is 0 Å². The Morgan fingerprint density at radius 1 is 0.946 bits per heavy atom. The zero-order valence-corrected chi connectivity index (χ0v) is 21.8. The molecule has 6 nitrogen and oxygen atoms in total. The van der Waals surface area contributed by atoms with Gasteiger partial charge in [0.05, 0.1) is 11.0 Å². The van der Waals surface area contributed by atoms with Gasteiger partial charge in [-0.1, -0.05) is 66.6 Å². The van der Waals surface area contributed by atoms with Crippen molar-refractivity contribution in [2.24, 2.45) is 7.05 Å². The second-order valence-electron chi connectivity index (χ2n) is 10.2. The molecule has 6 rings (SSSR count). The number of carbonyl (C=O) groups is 1. The molecule has 1 saturated heterocycles. The van der Waals surface area contributed by atoms with Gasteiger partial charge in [0.25, 0.3) is 0 Å². The summed E-state index contributed by atoms with van der Waals surface area (Å²) in [5, 5.41) is 11.2. The van der Waals surface area contributed by atoms with E-state index in [-0.39, 0.29) is 0 Å². The highest BCUT2D eigenvalue weighted by Gasteiger charge is 2.48. The molecule has 2 heterocycles. The Hall–Kier alpha value is -3.35.